The number of carbonyl (C=O) groups is 1. The second kappa shape index (κ2) is 6.50. The van der Waals surface area contributed by atoms with Gasteiger partial charge in [-0.2, -0.15) is 0 Å². The maximum atomic E-state index is 12.1. The number of rotatable bonds is 4. The summed E-state index contributed by atoms with van der Waals surface area (Å²) in [5, 5.41) is 8.18. The SMILES string of the molecule is O=C(Nc1cccnc1Cl)c1csc(Nc2ccccn2)n1. The van der Waals surface area contributed by atoms with Crippen molar-refractivity contribution in [2.75, 3.05) is 10.6 Å². The van der Waals surface area contributed by atoms with E-state index in [1.54, 1.807) is 29.9 Å². The fourth-order valence-electron chi connectivity index (χ4n) is 1.65. The molecule has 8 heteroatoms. The lowest BCUT2D eigenvalue weighted by atomic mass is 10.4. The molecule has 0 radical (unpaired) electrons. The van der Waals surface area contributed by atoms with Crippen LogP contribution in [0.25, 0.3) is 0 Å². The van der Waals surface area contributed by atoms with Crippen molar-refractivity contribution >= 4 is 45.5 Å². The molecule has 0 aliphatic heterocycles. The van der Waals surface area contributed by atoms with Gasteiger partial charge in [0, 0.05) is 17.8 Å². The Morgan fingerprint density at radius 2 is 2.00 bits per heavy atom. The predicted octanol–water partition coefficient (Wildman–Crippen LogP) is 3.58. The number of hydrogen-bond acceptors (Lipinski definition) is 6. The van der Waals surface area contributed by atoms with E-state index in [0.29, 0.717) is 22.3 Å². The molecule has 0 unspecified atom stereocenters. The molecule has 2 N–H and O–H groups in total. The van der Waals surface area contributed by atoms with Crippen LogP contribution in [0.5, 0.6) is 0 Å². The van der Waals surface area contributed by atoms with E-state index < -0.39 is 0 Å². The number of nitrogens with one attached hydrogen (secondary N) is 2. The molecule has 0 fully saturated rings. The van der Waals surface area contributed by atoms with Gasteiger partial charge in [-0.1, -0.05) is 17.7 Å². The standard InChI is InChI=1S/C14H10ClN5OS/c15-12-9(4-3-7-17-12)18-13(21)10-8-22-14(19-10)20-11-5-1-2-6-16-11/h1-8H,(H,18,21)(H,16,19,20). The highest BCUT2D eigenvalue weighted by Gasteiger charge is 2.13. The fourth-order valence-corrected chi connectivity index (χ4v) is 2.51. The number of thiazole rings is 1. The van der Waals surface area contributed by atoms with E-state index in [-0.39, 0.29) is 11.1 Å². The number of hydrogen-bond donors (Lipinski definition) is 2. The average Bonchev–Trinajstić information content (AvgIpc) is 2.99. The van der Waals surface area contributed by atoms with Gasteiger partial charge in [0.2, 0.25) is 0 Å². The summed E-state index contributed by atoms with van der Waals surface area (Å²) in [5.41, 5.74) is 0.741. The van der Waals surface area contributed by atoms with Gasteiger partial charge in [0.15, 0.2) is 10.3 Å². The molecular formula is C14H10ClN5OS. The third kappa shape index (κ3) is 3.38. The Morgan fingerprint density at radius 1 is 1.14 bits per heavy atom. The summed E-state index contributed by atoms with van der Waals surface area (Å²) < 4.78 is 0. The highest BCUT2D eigenvalue weighted by atomic mass is 35.5. The minimum atomic E-state index is -0.347. The predicted molar refractivity (Wildman–Crippen MR) is 86.8 cm³/mol. The lowest BCUT2D eigenvalue weighted by molar-refractivity contribution is 0.102. The van der Waals surface area contributed by atoms with Crippen LogP contribution in [-0.4, -0.2) is 20.9 Å². The van der Waals surface area contributed by atoms with Gasteiger partial charge in [-0.15, -0.1) is 11.3 Å². The number of pyridine rings is 2. The first-order chi connectivity index (χ1) is 10.7. The van der Waals surface area contributed by atoms with Gasteiger partial charge in [-0.05, 0) is 24.3 Å². The molecule has 0 aliphatic rings. The fraction of sp³-hybridized carbons (Fsp3) is 0. The molecule has 110 valence electrons. The summed E-state index contributed by atoms with van der Waals surface area (Å²) in [4.78, 5) is 24.4. The Balaban J connectivity index is 1.71. The van der Waals surface area contributed by atoms with Crippen molar-refractivity contribution in [3.8, 4) is 0 Å². The second-order valence-corrected chi connectivity index (χ2v) is 5.39. The van der Waals surface area contributed by atoms with Crippen molar-refractivity contribution in [1.82, 2.24) is 15.0 Å². The smallest absolute Gasteiger partial charge is 0.275 e. The van der Waals surface area contributed by atoms with Crippen LogP contribution in [0.3, 0.4) is 0 Å². The first-order valence-corrected chi connectivity index (χ1v) is 7.53. The van der Waals surface area contributed by atoms with Crippen molar-refractivity contribution in [3.63, 3.8) is 0 Å². The van der Waals surface area contributed by atoms with Crippen LogP contribution >= 0.6 is 22.9 Å². The molecule has 0 spiro atoms. The Bertz CT molecular complexity index is 793. The molecule has 0 aromatic carbocycles. The van der Waals surface area contributed by atoms with Gasteiger partial charge in [0.05, 0.1) is 5.69 Å². The minimum absolute atomic E-state index is 0.234. The van der Waals surface area contributed by atoms with Crippen molar-refractivity contribution in [1.29, 1.82) is 0 Å². The largest absolute Gasteiger partial charge is 0.318 e. The number of carbonyl (C=O) groups excluding carboxylic acids is 1. The van der Waals surface area contributed by atoms with E-state index in [1.807, 2.05) is 18.2 Å². The minimum Gasteiger partial charge on any atom is -0.318 e. The second-order valence-electron chi connectivity index (χ2n) is 4.17. The zero-order valence-corrected chi connectivity index (χ0v) is 12.7. The third-order valence-electron chi connectivity index (χ3n) is 2.64. The summed E-state index contributed by atoms with van der Waals surface area (Å²) in [5.74, 6) is 0.319. The van der Waals surface area contributed by atoms with E-state index >= 15 is 0 Å². The van der Waals surface area contributed by atoms with Crippen LogP contribution in [-0.2, 0) is 0 Å². The number of nitrogens with zero attached hydrogens (tertiary/aromatic N) is 3. The zero-order valence-electron chi connectivity index (χ0n) is 11.2. The number of amides is 1. The third-order valence-corrected chi connectivity index (χ3v) is 3.70. The van der Waals surface area contributed by atoms with Gasteiger partial charge < -0.3 is 10.6 Å². The monoisotopic (exact) mass is 331 g/mol. The van der Waals surface area contributed by atoms with Crippen LogP contribution in [0.15, 0.2) is 48.1 Å². The van der Waals surface area contributed by atoms with Gasteiger partial charge >= 0.3 is 0 Å². The molecule has 0 atom stereocenters. The maximum Gasteiger partial charge on any atom is 0.275 e. The summed E-state index contributed by atoms with van der Waals surface area (Å²) in [6.45, 7) is 0. The molecular weight excluding hydrogens is 322 g/mol. The van der Waals surface area contributed by atoms with Crippen molar-refractivity contribution in [2.24, 2.45) is 0 Å². The molecule has 3 aromatic heterocycles. The van der Waals surface area contributed by atoms with Crippen LogP contribution in [0, 0.1) is 0 Å². The van der Waals surface area contributed by atoms with Crippen molar-refractivity contribution in [2.45, 2.75) is 0 Å². The normalized spacial score (nSPS) is 10.2. The number of aromatic nitrogens is 3. The van der Waals surface area contributed by atoms with Crippen LogP contribution in [0.1, 0.15) is 10.5 Å². The summed E-state index contributed by atoms with van der Waals surface area (Å²) in [6, 6.07) is 8.87. The van der Waals surface area contributed by atoms with Gasteiger partial charge in [0.25, 0.3) is 5.91 Å². The molecule has 0 saturated heterocycles. The Labute approximate surface area is 135 Å². The Kier molecular flexibility index (Phi) is 4.27. The van der Waals surface area contributed by atoms with E-state index in [4.69, 9.17) is 11.6 Å². The summed E-state index contributed by atoms with van der Waals surface area (Å²) >= 11 is 7.22. The molecule has 3 aromatic rings. The lowest BCUT2D eigenvalue weighted by Gasteiger charge is -2.04. The quantitative estimate of drug-likeness (QED) is 0.714. The number of halogens is 1. The first-order valence-electron chi connectivity index (χ1n) is 6.28. The molecule has 3 heterocycles. The zero-order chi connectivity index (χ0) is 15.4. The molecule has 0 saturated carbocycles. The van der Waals surface area contributed by atoms with Crippen molar-refractivity contribution in [3.05, 3.63) is 59.0 Å². The molecule has 1 amide bonds. The number of anilines is 3. The maximum absolute atomic E-state index is 12.1. The van der Waals surface area contributed by atoms with E-state index in [2.05, 4.69) is 25.6 Å². The Morgan fingerprint density at radius 3 is 2.77 bits per heavy atom. The van der Waals surface area contributed by atoms with Gasteiger partial charge in [-0.25, -0.2) is 15.0 Å². The highest BCUT2D eigenvalue weighted by molar-refractivity contribution is 7.14. The van der Waals surface area contributed by atoms with E-state index in [0.717, 1.165) is 0 Å². The van der Waals surface area contributed by atoms with Crippen LogP contribution in [0.2, 0.25) is 5.15 Å². The van der Waals surface area contributed by atoms with Gasteiger partial charge in [0.1, 0.15) is 11.5 Å². The topological polar surface area (TPSA) is 79.8 Å². The van der Waals surface area contributed by atoms with E-state index in [9.17, 15) is 4.79 Å². The van der Waals surface area contributed by atoms with Crippen LogP contribution < -0.4 is 10.6 Å². The molecule has 22 heavy (non-hydrogen) atoms. The summed E-state index contributed by atoms with van der Waals surface area (Å²) in [6.07, 6.45) is 3.23. The lowest BCUT2D eigenvalue weighted by Crippen LogP contribution is -2.13. The highest BCUT2D eigenvalue weighted by Crippen LogP contribution is 2.22. The van der Waals surface area contributed by atoms with Crippen molar-refractivity contribution < 1.29 is 4.79 Å². The average molecular weight is 332 g/mol. The molecule has 3 rings (SSSR count). The summed E-state index contributed by atoms with van der Waals surface area (Å²) in [7, 11) is 0. The Hall–Kier alpha value is -2.51. The molecule has 0 aliphatic carbocycles. The van der Waals surface area contributed by atoms with Gasteiger partial charge in [-0.3, -0.25) is 4.79 Å². The molecule has 0 bridgehead atoms. The van der Waals surface area contributed by atoms with Crippen LogP contribution in [0.4, 0.5) is 16.6 Å². The first kappa shape index (κ1) is 14.4. The van der Waals surface area contributed by atoms with E-state index in [1.165, 1.54) is 11.3 Å². The molecule has 6 nitrogen and oxygen atoms in total.